The number of carbonyl (C=O) groups is 8. The minimum absolute atomic E-state index is 0.00380. The zero-order valence-electron chi connectivity index (χ0n) is 48.1. The van der Waals surface area contributed by atoms with Crippen LogP contribution in [0.15, 0.2) is 0 Å². The molecule has 3 aromatic rings. The molecule has 0 spiro atoms. The number of aliphatic hydroxyl groups is 15. The molecule has 92 heavy (non-hydrogen) atoms. The Labute approximate surface area is 647 Å². The zero-order valence-corrected chi connectivity index (χ0v) is 67.5. The van der Waals surface area contributed by atoms with Crippen LogP contribution >= 0.6 is 203 Å². The second kappa shape index (κ2) is 39.8. The number of likely N-dealkylation sites (N-methyl/N-ethyl adjacent to an activating group) is 3. The van der Waals surface area contributed by atoms with Crippen LogP contribution in [0, 0.1) is 32.1 Å². The lowest BCUT2D eigenvalue weighted by atomic mass is 10.1. The van der Waals surface area contributed by atoms with E-state index < -0.39 is 181 Å². The Morgan fingerprint density at radius 2 is 0.652 bits per heavy atom. The van der Waals surface area contributed by atoms with Crippen LogP contribution in [-0.4, -0.2) is 300 Å². The third-order valence-electron chi connectivity index (χ3n) is 13.0. The fourth-order valence-corrected chi connectivity index (χ4v) is 21.5. The molecule has 0 heterocycles. The van der Waals surface area contributed by atoms with Gasteiger partial charge in [-0.05, 0) is 203 Å². The maximum atomic E-state index is 15.6. The van der Waals surface area contributed by atoms with E-state index in [1.807, 2.05) is 45.2 Å². The SMILES string of the molecule is CN(CC(O)CO)C(=O)c1c(I)c(NC(=O)C(O)C(O)CO)c(I)c(C(=O)NCCN(CCNC(=O)c2c(I)c(NC(=O)C(O)C(O)CO)c(I)c(C(=O)N(C)CC(O)CO)c2I)C(=O)c2c(I)c(NC(=O)C(O)C(O)CO)c(I)c(N(C)CC(O)CO)c2I)c1I. The van der Waals surface area contributed by atoms with Crippen molar-refractivity contribution < 1.29 is 115 Å². The van der Waals surface area contributed by atoms with E-state index >= 15 is 4.79 Å². The fraction of sp³-hybridized carbons (Fsp3) is 0.490. The Kier molecular flexibility index (Phi) is 37.0. The van der Waals surface area contributed by atoms with Crippen molar-refractivity contribution in [2.24, 2.45) is 0 Å². The molecule has 514 valence electrons. The topological polar surface area (TPSA) is 513 Å². The number of hydrogen-bond acceptors (Lipinski definition) is 24. The van der Waals surface area contributed by atoms with Crippen molar-refractivity contribution in [3.05, 3.63) is 59.9 Å². The molecule has 0 radical (unpaired) electrons. The Hall–Kier alpha value is -0.810. The van der Waals surface area contributed by atoms with Crippen LogP contribution in [0.4, 0.5) is 22.7 Å². The van der Waals surface area contributed by atoms with Crippen LogP contribution in [0.5, 0.6) is 0 Å². The van der Waals surface area contributed by atoms with Gasteiger partial charge < -0.3 is 123 Å². The maximum Gasteiger partial charge on any atom is 0.256 e. The van der Waals surface area contributed by atoms with E-state index in [2.05, 4.69) is 26.6 Å². The van der Waals surface area contributed by atoms with E-state index in [-0.39, 0.29) is 89.2 Å². The first kappa shape index (κ1) is 85.4. The van der Waals surface area contributed by atoms with Gasteiger partial charge in [-0.1, -0.05) is 0 Å². The second-order valence-electron chi connectivity index (χ2n) is 19.8. The molecule has 0 saturated carbocycles. The predicted molar refractivity (Wildman–Crippen MR) is 404 cm³/mol. The minimum Gasteiger partial charge on any atom is -0.394 e. The van der Waals surface area contributed by atoms with Crippen molar-refractivity contribution in [1.82, 2.24) is 25.3 Å². The van der Waals surface area contributed by atoms with E-state index in [0.29, 0.717) is 0 Å². The molecule has 20 N–H and O–H groups in total. The molecule has 8 amide bonds. The largest absolute Gasteiger partial charge is 0.394 e. The summed E-state index contributed by atoms with van der Waals surface area (Å²) in [6.07, 6.45) is -16.7. The number of nitrogens with one attached hydrogen (secondary N) is 5. The summed E-state index contributed by atoms with van der Waals surface area (Å²) in [4.78, 5) is 118. The lowest BCUT2D eigenvalue weighted by Crippen LogP contribution is -2.44. The first-order valence-corrected chi connectivity index (χ1v) is 36.1. The van der Waals surface area contributed by atoms with E-state index in [9.17, 15) is 110 Å². The third-order valence-corrected chi connectivity index (χ3v) is 22.7. The molecule has 0 bridgehead atoms. The molecular weight excluding hydrogens is 2250 g/mol. The molecule has 9 unspecified atom stereocenters. The Morgan fingerprint density at radius 1 is 0.370 bits per heavy atom. The van der Waals surface area contributed by atoms with Crippen LogP contribution in [0.3, 0.4) is 0 Å². The van der Waals surface area contributed by atoms with Gasteiger partial charge in [0.1, 0.15) is 18.3 Å². The molecule has 0 aliphatic heterocycles. The van der Waals surface area contributed by atoms with Crippen LogP contribution in [0.2, 0.25) is 0 Å². The number of aliphatic hydroxyl groups excluding tert-OH is 15. The molecule has 0 saturated heterocycles. The highest BCUT2D eigenvalue weighted by atomic mass is 127. The molecule has 3 rings (SSSR count). The number of anilines is 4. The van der Waals surface area contributed by atoms with Gasteiger partial charge in [0.05, 0.1) is 134 Å². The first-order chi connectivity index (χ1) is 43.0. The number of carbonyl (C=O) groups excluding carboxylic acids is 8. The summed E-state index contributed by atoms with van der Waals surface area (Å²) in [6, 6.07) is 0. The van der Waals surface area contributed by atoms with Gasteiger partial charge in [0.25, 0.3) is 47.3 Å². The molecule has 0 aliphatic rings. The summed E-state index contributed by atoms with van der Waals surface area (Å²) < 4.78 is 0.282. The van der Waals surface area contributed by atoms with Gasteiger partial charge >= 0.3 is 0 Å². The fourth-order valence-electron chi connectivity index (χ4n) is 8.04. The highest BCUT2D eigenvalue weighted by Crippen LogP contribution is 2.42. The first-order valence-electron chi connectivity index (χ1n) is 26.4. The number of halogens is 9. The molecule has 0 aromatic heterocycles. The van der Waals surface area contributed by atoms with E-state index in [4.69, 9.17) is 0 Å². The Balaban J connectivity index is 2.39. The lowest BCUT2D eigenvalue weighted by Gasteiger charge is -2.30. The van der Waals surface area contributed by atoms with Crippen LogP contribution in [-0.2, 0) is 14.4 Å². The Bertz CT molecular complexity index is 3080. The summed E-state index contributed by atoms with van der Waals surface area (Å²) in [5.41, 5.74) is -1.52. The molecule has 0 aliphatic carbocycles. The molecule has 9 atom stereocenters. The molecule has 3 aromatic carbocycles. The number of benzene rings is 3. The number of nitrogens with zero attached hydrogens (tertiary/aromatic N) is 4. The van der Waals surface area contributed by atoms with Crippen molar-refractivity contribution in [3.8, 4) is 0 Å². The summed E-state index contributed by atoms with van der Waals surface area (Å²) in [5, 5.41) is 163. The highest BCUT2D eigenvalue weighted by Gasteiger charge is 2.37. The van der Waals surface area contributed by atoms with Gasteiger partial charge in [-0.3, -0.25) is 38.4 Å². The smallest absolute Gasteiger partial charge is 0.256 e. The third kappa shape index (κ3) is 21.6. The molecule has 32 nitrogen and oxygen atoms in total. The summed E-state index contributed by atoms with van der Waals surface area (Å²) in [7, 11) is 4.05. The van der Waals surface area contributed by atoms with Gasteiger partial charge in [0, 0.05) is 74.1 Å². The summed E-state index contributed by atoms with van der Waals surface area (Å²) >= 11 is 15.6. The number of rotatable bonds is 33. The van der Waals surface area contributed by atoms with E-state index in [0.717, 1.165) is 14.7 Å². The minimum atomic E-state index is -2.21. The van der Waals surface area contributed by atoms with E-state index in [1.165, 1.54) is 26.0 Å². The van der Waals surface area contributed by atoms with Crippen molar-refractivity contribution in [1.29, 1.82) is 0 Å². The normalized spacial score (nSPS) is 14.3. The van der Waals surface area contributed by atoms with Crippen molar-refractivity contribution >= 4 is 273 Å². The van der Waals surface area contributed by atoms with Crippen molar-refractivity contribution in [3.63, 3.8) is 0 Å². The van der Waals surface area contributed by atoms with Crippen LogP contribution in [0.25, 0.3) is 0 Å². The molecule has 41 heteroatoms. The monoisotopic (exact) mass is 2310 g/mol. The maximum absolute atomic E-state index is 15.6. The number of hydrogen-bond donors (Lipinski definition) is 20. The number of amides is 8. The summed E-state index contributed by atoms with van der Waals surface area (Å²) in [6.45, 7) is -8.28. The quantitative estimate of drug-likeness (QED) is 0.0271. The lowest BCUT2D eigenvalue weighted by molar-refractivity contribution is -0.131. The second-order valence-corrected chi connectivity index (χ2v) is 29.5. The van der Waals surface area contributed by atoms with Gasteiger partial charge in [0.2, 0.25) is 0 Å². The highest BCUT2D eigenvalue weighted by molar-refractivity contribution is 14.1. The average Bonchev–Trinajstić information content (AvgIpc) is 0.786. The predicted octanol–water partition coefficient (Wildman–Crippen LogP) is -2.97. The van der Waals surface area contributed by atoms with Crippen molar-refractivity contribution in [2.75, 3.05) is 127 Å². The average molecular weight is 2310 g/mol. The van der Waals surface area contributed by atoms with Crippen molar-refractivity contribution in [2.45, 2.75) is 54.9 Å². The van der Waals surface area contributed by atoms with Gasteiger partial charge in [-0.25, -0.2) is 0 Å². The standard InChI is InChI=1S/C51H64I9N9O23/c1-66(8-17(76)11-70)40-35(59)27(34(58)39(36(40)60)65-48(89)43(84)22(81)16-75)51(92)69(6-4-61-44(85)23-28(52)25(49(90)67(2)9-18(77)12-71)32(56)37(30(23)54)63-46(87)41(82)20(79)14-73)7-5-62-45(86)24-29(53)26(50(91)68(3)10-19(78)13-72)33(57)38(31(24)55)64-47(88)42(83)21(80)15-74/h17-22,41-43,70-84H,4-16H2,1-3H3,(H,61,85)(H,62,86)(H,63,87)(H,64,88)(H,65,89). The Morgan fingerprint density at radius 3 is 0.957 bits per heavy atom. The van der Waals surface area contributed by atoms with Gasteiger partial charge in [-0.2, -0.15) is 0 Å². The molecule has 0 fully saturated rings. The molecular formula is C51H64I9N9O23. The van der Waals surface area contributed by atoms with Gasteiger partial charge in [-0.15, -0.1) is 0 Å². The van der Waals surface area contributed by atoms with Gasteiger partial charge in [0.15, 0.2) is 18.3 Å². The zero-order chi connectivity index (χ0) is 70.2. The summed E-state index contributed by atoms with van der Waals surface area (Å²) in [5.74, 6) is -8.17. The van der Waals surface area contributed by atoms with Crippen LogP contribution < -0.4 is 31.5 Å². The van der Waals surface area contributed by atoms with Crippen LogP contribution in [0.1, 0.15) is 51.8 Å². The van der Waals surface area contributed by atoms with E-state index in [1.54, 1.807) is 158 Å².